The van der Waals surface area contributed by atoms with Gasteiger partial charge >= 0.3 is 0 Å². The third-order valence-electron chi connectivity index (χ3n) is 2.34. The van der Waals surface area contributed by atoms with Crippen LogP contribution in [0.2, 0.25) is 0 Å². The van der Waals surface area contributed by atoms with Gasteiger partial charge in [0.15, 0.2) is 0 Å². The summed E-state index contributed by atoms with van der Waals surface area (Å²) >= 11 is 1.55. The first-order valence-corrected chi connectivity index (χ1v) is 5.72. The third-order valence-corrected chi connectivity index (χ3v) is 3.64. The molecule has 0 amide bonds. The monoisotopic (exact) mass is 234 g/mol. The van der Waals surface area contributed by atoms with Crippen LogP contribution in [0.4, 0.5) is 11.5 Å². The van der Waals surface area contributed by atoms with Gasteiger partial charge in [-0.2, -0.15) is 5.10 Å². The lowest BCUT2D eigenvalue weighted by molar-refractivity contribution is 0.767. The second-order valence-electron chi connectivity index (χ2n) is 3.56. The van der Waals surface area contributed by atoms with E-state index in [0.717, 1.165) is 21.2 Å². The van der Waals surface area contributed by atoms with Crippen LogP contribution in [0.5, 0.6) is 0 Å². The van der Waals surface area contributed by atoms with Crippen molar-refractivity contribution in [1.82, 2.24) is 9.78 Å². The molecule has 0 saturated carbocycles. The molecule has 0 fully saturated rings. The first kappa shape index (κ1) is 10.9. The van der Waals surface area contributed by atoms with Gasteiger partial charge in [-0.05, 0) is 19.1 Å². The third kappa shape index (κ3) is 1.86. The highest BCUT2D eigenvalue weighted by molar-refractivity contribution is 7.99. The first-order chi connectivity index (χ1) is 7.59. The molecule has 1 heterocycles. The Morgan fingerprint density at radius 3 is 2.50 bits per heavy atom. The van der Waals surface area contributed by atoms with E-state index < -0.39 is 0 Å². The number of aromatic nitrogens is 2. The molecule has 16 heavy (non-hydrogen) atoms. The van der Waals surface area contributed by atoms with Gasteiger partial charge in [0, 0.05) is 17.6 Å². The number of aryl methyl sites for hydroxylation is 2. The summed E-state index contributed by atoms with van der Waals surface area (Å²) in [5, 5.41) is 4.27. The summed E-state index contributed by atoms with van der Waals surface area (Å²) in [5.41, 5.74) is 13.5. The van der Waals surface area contributed by atoms with Gasteiger partial charge in [0.2, 0.25) is 0 Å². The maximum absolute atomic E-state index is 5.94. The van der Waals surface area contributed by atoms with E-state index in [1.54, 1.807) is 16.4 Å². The molecule has 0 atom stereocenters. The Labute approximate surface area is 98.6 Å². The molecule has 0 aliphatic heterocycles. The maximum atomic E-state index is 5.94. The lowest BCUT2D eigenvalue weighted by Gasteiger charge is -2.04. The molecule has 0 saturated heterocycles. The van der Waals surface area contributed by atoms with Gasteiger partial charge in [-0.1, -0.05) is 23.9 Å². The van der Waals surface area contributed by atoms with Crippen molar-refractivity contribution in [3.8, 4) is 0 Å². The van der Waals surface area contributed by atoms with Crippen LogP contribution in [0.3, 0.4) is 0 Å². The largest absolute Gasteiger partial charge is 0.398 e. The molecule has 2 aromatic rings. The number of para-hydroxylation sites is 1. The lowest BCUT2D eigenvalue weighted by atomic mass is 10.3. The summed E-state index contributed by atoms with van der Waals surface area (Å²) in [6, 6.07) is 7.73. The fourth-order valence-corrected chi connectivity index (χ4v) is 2.44. The molecule has 0 unspecified atom stereocenters. The molecular formula is C11H14N4S. The highest BCUT2D eigenvalue weighted by Crippen LogP contribution is 2.36. The number of anilines is 2. The number of rotatable bonds is 2. The van der Waals surface area contributed by atoms with Gasteiger partial charge < -0.3 is 11.5 Å². The highest BCUT2D eigenvalue weighted by Gasteiger charge is 2.12. The van der Waals surface area contributed by atoms with Crippen LogP contribution in [-0.2, 0) is 7.05 Å². The van der Waals surface area contributed by atoms with Crippen LogP contribution >= 0.6 is 11.8 Å². The minimum atomic E-state index is 0.672. The van der Waals surface area contributed by atoms with Gasteiger partial charge in [0.05, 0.1) is 10.6 Å². The van der Waals surface area contributed by atoms with Crippen molar-refractivity contribution in [2.75, 3.05) is 11.5 Å². The van der Waals surface area contributed by atoms with Gasteiger partial charge in [-0.3, -0.25) is 4.68 Å². The van der Waals surface area contributed by atoms with E-state index in [4.69, 9.17) is 11.5 Å². The van der Waals surface area contributed by atoms with Crippen LogP contribution in [0.25, 0.3) is 0 Å². The van der Waals surface area contributed by atoms with Gasteiger partial charge in [0.1, 0.15) is 5.82 Å². The molecular weight excluding hydrogens is 220 g/mol. The topological polar surface area (TPSA) is 69.9 Å². The molecule has 0 bridgehead atoms. The molecule has 0 aliphatic carbocycles. The summed E-state index contributed by atoms with van der Waals surface area (Å²) in [4.78, 5) is 1.98. The molecule has 0 aliphatic rings. The fraction of sp³-hybridized carbons (Fsp3) is 0.182. The Balaban J connectivity index is 2.38. The first-order valence-electron chi connectivity index (χ1n) is 4.91. The second kappa shape index (κ2) is 4.09. The summed E-state index contributed by atoms with van der Waals surface area (Å²) in [5.74, 6) is 0.672. The van der Waals surface area contributed by atoms with Crippen LogP contribution < -0.4 is 11.5 Å². The number of hydrogen-bond donors (Lipinski definition) is 2. The molecule has 5 heteroatoms. The number of benzene rings is 1. The van der Waals surface area contributed by atoms with Crippen molar-refractivity contribution in [3.05, 3.63) is 30.0 Å². The second-order valence-corrected chi connectivity index (χ2v) is 4.62. The van der Waals surface area contributed by atoms with E-state index in [0.29, 0.717) is 5.82 Å². The zero-order valence-corrected chi connectivity index (χ0v) is 10.1. The molecule has 2 rings (SSSR count). The minimum absolute atomic E-state index is 0.672. The average molecular weight is 234 g/mol. The predicted molar refractivity (Wildman–Crippen MR) is 67.3 cm³/mol. The lowest BCUT2D eigenvalue weighted by Crippen LogP contribution is -1.97. The SMILES string of the molecule is Cc1nn(C)c(N)c1Sc1ccccc1N. The fourth-order valence-electron chi connectivity index (χ4n) is 1.47. The van der Waals surface area contributed by atoms with Crippen LogP contribution in [0, 0.1) is 6.92 Å². The van der Waals surface area contributed by atoms with Gasteiger partial charge in [0.25, 0.3) is 0 Å². The Morgan fingerprint density at radius 2 is 1.94 bits per heavy atom. The molecule has 4 nitrogen and oxygen atoms in total. The quantitative estimate of drug-likeness (QED) is 0.780. The van der Waals surface area contributed by atoms with Crippen LogP contribution in [0.15, 0.2) is 34.1 Å². The number of nitrogens with two attached hydrogens (primary N) is 2. The molecule has 0 spiro atoms. The molecule has 1 aromatic heterocycles. The van der Waals surface area contributed by atoms with Crippen molar-refractivity contribution in [2.24, 2.45) is 7.05 Å². The smallest absolute Gasteiger partial charge is 0.135 e. The zero-order chi connectivity index (χ0) is 11.7. The normalized spacial score (nSPS) is 10.6. The van der Waals surface area contributed by atoms with Crippen LogP contribution in [-0.4, -0.2) is 9.78 Å². The van der Waals surface area contributed by atoms with Crippen molar-refractivity contribution in [1.29, 1.82) is 0 Å². The maximum Gasteiger partial charge on any atom is 0.135 e. The molecule has 0 radical (unpaired) electrons. The molecule has 1 aromatic carbocycles. The zero-order valence-electron chi connectivity index (χ0n) is 9.27. The minimum Gasteiger partial charge on any atom is -0.398 e. The van der Waals surface area contributed by atoms with Crippen molar-refractivity contribution in [2.45, 2.75) is 16.7 Å². The average Bonchev–Trinajstić information content (AvgIpc) is 2.48. The molecule has 84 valence electrons. The van der Waals surface area contributed by atoms with Crippen LogP contribution in [0.1, 0.15) is 5.69 Å². The molecule has 4 N–H and O–H groups in total. The number of nitrogen functional groups attached to an aromatic ring is 2. The van der Waals surface area contributed by atoms with E-state index in [-0.39, 0.29) is 0 Å². The summed E-state index contributed by atoms with van der Waals surface area (Å²) < 4.78 is 1.68. The van der Waals surface area contributed by atoms with E-state index in [2.05, 4.69) is 5.10 Å². The standard InChI is InChI=1S/C11H14N4S/c1-7-10(11(13)15(2)14-7)16-9-6-4-3-5-8(9)12/h3-6H,12-13H2,1-2H3. The van der Waals surface area contributed by atoms with E-state index in [9.17, 15) is 0 Å². The number of hydrogen-bond acceptors (Lipinski definition) is 4. The van der Waals surface area contributed by atoms with Gasteiger partial charge in [-0.25, -0.2) is 0 Å². The number of nitrogens with zero attached hydrogens (tertiary/aromatic N) is 2. The van der Waals surface area contributed by atoms with Crippen molar-refractivity contribution in [3.63, 3.8) is 0 Å². The van der Waals surface area contributed by atoms with E-state index >= 15 is 0 Å². The van der Waals surface area contributed by atoms with Crippen molar-refractivity contribution < 1.29 is 0 Å². The Hall–Kier alpha value is -1.62. The predicted octanol–water partition coefficient (Wildman–Crippen LogP) is 2.04. The van der Waals surface area contributed by atoms with E-state index in [1.807, 2.05) is 38.2 Å². The highest BCUT2D eigenvalue weighted by atomic mass is 32.2. The van der Waals surface area contributed by atoms with E-state index in [1.165, 1.54) is 0 Å². The summed E-state index contributed by atoms with van der Waals surface area (Å²) in [6.45, 7) is 1.94. The summed E-state index contributed by atoms with van der Waals surface area (Å²) in [6.07, 6.45) is 0. The Kier molecular flexibility index (Phi) is 2.78. The summed E-state index contributed by atoms with van der Waals surface area (Å²) in [7, 11) is 1.83. The Morgan fingerprint density at radius 1 is 1.25 bits per heavy atom. The van der Waals surface area contributed by atoms with Gasteiger partial charge in [-0.15, -0.1) is 0 Å². The van der Waals surface area contributed by atoms with Crippen molar-refractivity contribution >= 4 is 23.3 Å². The Bertz CT molecular complexity index is 519.